The Kier molecular flexibility index (Phi) is 6.93. The van der Waals surface area contributed by atoms with E-state index in [0.717, 1.165) is 30.5 Å². The normalized spacial score (nSPS) is 17.3. The van der Waals surface area contributed by atoms with Crippen LogP contribution in [0.25, 0.3) is 6.08 Å². The molecule has 1 unspecified atom stereocenters. The lowest BCUT2D eigenvalue weighted by molar-refractivity contribution is -0.112. The summed E-state index contributed by atoms with van der Waals surface area (Å²) in [5, 5.41) is 12.5. The fourth-order valence-corrected chi connectivity index (χ4v) is 4.63. The lowest BCUT2D eigenvalue weighted by Gasteiger charge is -2.48. The summed E-state index contributed by atoms with van der Waals surface area (Å²) in [4.78, 5) is 15.3. The van der Waals surface area contributed by atoms with Crippen molar-refractivity contribution in [1.29, 1.82) is 5.26 Å². The van der Waals surface area contributed by atoms with E-state index in [1.807, 2.05) is 6.92 Å². The molecule has 0 saturated carbocycles. The van der Waals surface area contributed by atoms with E-state index in [1.54, 1.807) is 37.5 Å². The summed E-state index contributed by atoms with van der Waals surface area (Å²) in [6.07, 6.45) is 3.85. The van der Waals surface area contributed by atoms with Crippen LogP contribution >= 0.6 is 0 Å². The SMILES string of the molecule is CCCN1c2cc(C)c(/C=C(\C#N)C(=O)Nc3ccc(OC)cc3)cc2C(C)CC1(C)C. The van der Waals surface area contributed by atoms with Crippen LogP contribution in [0.2, 0.25) is 0 Å². The third-order valence-electron chi connectivity index (χ3n) is 6.23. The number of hydrogen-bond donors (Lipinski definition) is 1. The molecule has 5 nitrogen and oxygen atoms in total. The van der Waals surface area contributed by atoms with Crippen molar-refractivity contribution in [2.45, 2.75) is 58.9 Å². The number of methoxy groups -OCH3 is 1. The first-order chi connectivity index (χ1) is 15.2. The molecule has 0 spiro atoms. The van der Waals surface area contributed by atoms with Gasteiger partial charge in [0, 0.05) is 23.5 Å². The van der Waals surface area contributed by atoms with Crippen molar-refractivity contribution in [1.82, 2.24) is 0 Å². The molecular weight excluding hydrogens is 398 g/mol. The van der Waals surface area contributed by atoms with Gasteiger partial charge in [-0.25, -0.2) is 0 Å². The summed E-state index contributed by atoms with van der Waals surface area (Å²) >= 11 is 0. The van der Waals surface area contributed by atoms with Crippen LogP contribution in [0.4, 0.5) is 11.4 Å². The summed E-state index contributed by atoms with van der Waals surface area (Å²) in [6, 6.07) is 13.5. The highest BCUT2D eigenvalue weighted by atomic mass is 16.5. The van der Waals surface area contributed by atoms with Gasteiger partial charge in [-0.15, -0.1) is 0 Å². The number of amides is 1. The minimum absolute atomic E-state index is 0.0816. The fraction of sp³-hybridized carbons (Fsp3) is 0.407. The molecule has 1 atom stereocenters. The van der Waals surface area contributed by atoms with Gasteiger partial charge in [0.15, 0.2) is 0 Å². The van der Waals surface area contributed by atoms with Gasteiger partial charge in [-0.05, 0) is 98.7 Å². The molecule has 0 aliphatic carbocycles. The number of anilines is 2. The molecule has 32 heavy (non-hydrogen) atoms. The maximum Gasteiger partial charge on any atom is 0.266 e. The number of aryl methyl sites for hydroxylation is 1. The Bertz CT molecular complexity index is 1060. The third kappa shape index (κ3) is 4.80. The number of benzene rings is 2. The Balaban J connectivity index is 1.93. The van der Waals surface area contributed by atoms with Gasteiger partial charge in [-0.3, -0.25) is 4.79 Å². The number of rotatable bonds is 6. The van der Waals surface area contributed by atoms with E-state index in [9.17, 15) is 10.1 Å². The zero-order valence-electron chi connectivity index (χ0n) is 20.0. The molecule has 0 bridgehead atoms. The minimum Gasteiger partial charge on any atom is -0.497 e. The average molecular weight is 432 g/mol. The van der Waals surface area contributed by atoms with Crippen molar-refractivity contribution in [3.8, 4) is 11.8 Å². The predicted molar refractivity (Wildman–Crippen MR) is 131 cm³/mol. The Morgan fingerprint density at radius 3 is 2.59 bits per heavy atom. The van der Waals surface area contributed by atoms with E-state index in [-0.39, 0.29) is 11.1 Å². The Morgan fingerprint density at radius 2 is 2.00 bits per heavy atom. The maximum atomic E-state index is 12.7. The van der Waals surface area contributed by atoms with Crippen molar-refractivity contribution in [2.24, 2.45) is 0 Å². The summed E-state index contributed by atoms with van der Waals surface area (Å²) in [5.41, 5.74) is 5.31. The molecule has 1 aliphatic rings. The van der Waals surface area contributed by atoms with E-state index < -0.39 is 5.91 Å². The molecule has 1 amide bonds. The quantitative estimate of drug-likeness (QED) is 0.446. The first kappa shape index (κ1) is 23.4. The Labute approximate surface area is 191 Å². The molecule has 1 N–H and O–H groups in total. The number of nitrogens with one attached hydrogen (secondary N) is 1. The minimum atomic E-state index is -0.420. The highest BCUT2D eigenvalue weighted by Gasteiger charge is 2.36. The highest BCUT2D eigenvalue weighted by Crippen LogP contribution is 2.44. The smallest absolute Gasteiger partial charge is 0.266 e. The van der Waals surface area contributed by atoms with Crippen molar-refractivity contribution < 1.29 is 9.53 Å². The van der Waals surface area contributed by atoms with Gasteiger partial charge < -0.3 is 15.0 Å². The van der Waals surface area contributed by atoms with Crippen molar-refractivity contribution in [3.05, 3.63) is 58.7 Å². The molecule has 0 radical (unpaired) electrons. The van der Waals surface area contributed by atoms with Crippen molar-refractivity contribution in [3.63, 3.8) is 0 Å². The first-order valence-electron chi connectivity index (χ1n) is 11.2. The molecule has 0 saturated heterocycles. The van der Waals surface area contributed by atoms with E-state index in [2.05, 4.69) is 56.1 Å². The van der Waals surface area contributed by atoms with Crippen LogP contribution in [0.15, 0.2) is 42.0 Å². The number of nitriles is 1. The number of nitrogens with zero attached hydrogens (tertiary/aromatic N) is 2. The first-order valence-corrected chi connectivity index (χ1v) is 11.2. The third-order valence-corrected chi connectivity index (χ3v) is 6.23. The predicted octanol–water partition coefficient (Wildman–Crippen LogP) is 6.05. The number of ether oxygens (including phenoxy) is 1. The molecule has 0 aromatic heterocycles. The van der Waals surface area contributed by atoms with Crippen LogP contribution in [0.1, 0.15) is 63.1 Å². The van der Waals surface area contributed by atoms with Crippen LogP contribution in [0.5, 0.6) is 5.75 Å². The van der Waals surface area contributed by atoms with Gasteiger partial charge in [0.05, 0.1) is 7.11 Å². The molecule has 1 heterocycles. The molecule has 0 fully saturated rings. The van der Waals surface area contributed by atoms with Gasteiger partial charge in [-0.2, -0.15) is 5.26 Å². The second kappa shape index (κ2) is 9.48. The molecule has 3 rings (SSSR count). The lowest BCUT2D eigenvalue weighted by atomic mass is 9.78. The largest absolute Gasteiger partial charge is 0.497 e. The van der Waals surface area contributed by atoms with Gasteiger partial charge >= 0.3 is 0 Å². The fourth-order valence-electron chi connectivity index (χ4n) is 4.63. The second-order valence-corrected chi connectivity index (χ2v) is 9.19. The van der Waals surface area contributed by atoms with Crippen molar-refractivity contribution in [2.75, 3.05) is 23.9 Å². The van der Waals surface area contributed by atoms with E-state index >= 15 is 0 Å². The topological polar surface area (TPSA) is 65.4 Å². The number of fused-ring (bicyclic) bond motifs is 1. The summed E-state index contributed by atoms with van der Waals surface area (Å²) in [7, 11) is 1.59. The van der Waals surface area contributed by atoms with Crippen LogP contribution < -0.4 is 15.0 Å². The zero-order chi connectivity index (χ0) is 23.5. The molecule has 1 aliphatic heterocycles. The maximum absolute atomic E-state index is 12.7. The Hall–Kier alpha value is -3.26. The zero-order valence-corrected chi connectivity index (χ0v) is 20.0. The van der Waals surface area contributed by atoms with Crippen LogP contribution in [0.3, 0.4) is 0 Å². The molecule has 5 heteroatoms. The number of hydrogen-bond acceptors (Lipinski definition) is 4. The number of carbonyl (C=O) groups is 1. The summed E-state index contributed by atoms with van der Waals surface area (Å²) in [6.45, 7) is 12.1. The van der Waals surface area contributed by atoms with Crippen LogP contribution in [-0.2, 0) is 4.79 Å². The van der Waals surface area contributed by atoms with Gasteiger partial charge in [0.2, 0.25) is 0 Å². The highest BCUT2D eigenvalue weighted by molar-refractivity contribution is 6.09. The second-order valence-electron chi connectivity index (χ2n) is 9.19. The number of carbonyl (C=O) groups excluding carboxylic acids is 1. The van der Waals surface area contributed by atoms with Crippen LogP contribution in [0, 0.1) is 18.3 Å². The molecular formula is C27H33N3O2. The van der Waals surface area contributed by atoms with Gasteiger partial charge in [0.25, 0.3) is 5.91 Å². The average Bonchev–Trinajstić information content (AvgIpc) is 2.75. The molecule has 2 aromatic rings. The van der Waals surface area contributed by atoms with Gasteiger partial charge in [-0.1, -0.05) is 13.8 Å². The van der Waals surface area contributed by atoms with Crippen molar-refractivity contribution >= 4 is 23.4 Å². The molecule has 2 aromatic carbocycles. The van der Waals surface area contributed by atoms with Crippen LogP contribution in [-0.4, -0.2) is 25.1 Å². The van der Waals surface area contributed by atoms with E-state index in [1.165, 1.54) is 11.3 Å². The lowest BCUT2D eigenvalue weighted by Crippen LogP contribution is -2.48. The van der Waals surface area contributed by atoms with Gasteiger partial charge in [0.1, 0.15) is 17.4 Å². The monoisotopic (exact) mass is 431 g/mol. The standard InChI is InChI=1S/C27H33N3O2/c1-7-12-30-25-13-18(2)20(15-24(25)19(3)16-27(30,4)5)14-21(17-28)26(31)29-22-8-10-23(32-6)11-9-22/h8-11,13-15,19H,7,12,16H2,1-6H3,(H,29,31)/b21-14+. The van der Waals surface area contributed by atoms with E-state index in [0.29, 0.717) is 17.4 Å². The summed E-state index contributed by atoms with van der Waals surface area (Å²) in [5.74, 6) is 0.689. The Morgan fingerprint density at radius 1 is 1.31 bits per heavy atom. The van der Waals surface area contributed by atoms with E-state index in [4.69, 9.17) is 4.74 Å². The molecule has 168 valence electrons. The summed E-state index contributed by atoms with van der Waals surface area (Å²) < 4.78 is 5.14.